The molecular formula is C12H14O3. The van der Waals surface area contributed by atoms with Crippen LogP contribution in [0.2, 0.25) is 0 Å². The highest BCUT2D eigenvalue weighted by atomic mass is 16.5. The van der Waals surface area contributed by atoms with E-state index in [1.807, 2.05) is 19.9 Å². The summed E-state index contributed by atoms with van der Waals surface area (Å²) in [6.07, 6.45) is 2.65. The topological polar surface area (TPSA) is 46.5 Å². The number of ether oxygens (including phenoxy) is 1. The summed E-state index contributed by atoms with van der Waals surface area (Å²) < 4.78 is 5.50. The Morgan fingerprint density at radius 2 is 2.27 bits per heavy atom. The van der Waals surface area contributed by atoms with E-state index < -0.39 is 5.97 Å². The van der Waals surface area contributed by atoms with Crippen LogP contribution in [0.25, 0.3) is 0 Å². The molecule has 0 atom stereocenters. The summed E-state index contributed by atoms with van der Waals surface area (Å²) in [4.78, 5) is 10.7. The average molecular weight is 206 g/mol. The molecule has 0 aliphatic rings. The maximum atomic E-state index is 10.7. The number of carbonyl (C=O) groups is 1. The Kier molecular flexibility index (Phi) is 3.92. The summed E-state index contributed by atoms with van der Waals surface area (Å²) in [5.74, 6) is 0.446. The van der Waals surface area contributed by atoms with Crippen molar-refractivity contribution in [3.05, 3.63) is 41.7 Å². The van der Waals surface area contributed by atoms with Gasteiger partial charge in [-0.3, -0.25) is 0 Å². The van der Waals surface area contributed by atoms with Gasteiger partial charge >= 0.3 is 5.97 Å². The van der Waals surface area contributed by atoms with Gasteiger partial charge in [-0.25, -0.2) is 4.79 Å². The molecule has 0 aliphatic carbocycles. The van der Waals surface area contributed by atoms with Gasteiger partial charge in [-0.1, -0.05) is 13.0 Å². The lowest BCUT2D eigenvalue weighted by atomic mass is 10.2. The van der Waals surface area contributed by atoms with E-state index in [9.17, 15) is 4.79 Å². The number of allylic oxidation sites excluding steroid dienone is 2. The van der Waals surface area contributed by atoms with Crippen LogP contribution in [0.1, 0.15) is 30.6 Å². The first kappa shape index (κ1) is 11.3. The van der Waals surface area contributed by atoms with E-state index in [-0.39, 0.29) is 5.56 Å². The molecule has 0 aliphatic heterocycles. The fourth-order valence-corrected chi connectivity index (χ4v) is 1.18. The van der Waals surface area contributed by atoms with Gasteiger partial charge in [0.15, 0.2) is 0 Å². The Bertz CT molecular complexity index is 380. The predicted molar refractivity (Wildman–Crippen MR) is 58.1 cm³/mol. The largest absolute Gasteiger partial charge is 0.478 e. The van der Waals surface area contributed by atoms with E-state index in [1.54, 1.807) is 12.1 Å². The van der Waals surface area contributed by atoms with E-state index in [0.29, 0.717) is 5.75 Å². The molecule has 0 unspecified atom stereocenters. The molecule has 1 aromatic rings. The maximum absolute atomic E-state index is 10.7. The minimum Gasteiger partial charge on any atom is -0.478 e. The third kappa shape index (κ3) is 3.13. The molecule has 1 N–H and O–H groups in total. The highest BCUT2D eigenvalue weighted by Crippen LogP contribution is 2.17. The zero-order chi connectivity index (χ0) is 11.3. The van der Waals surface area contributed by atoms with E-state index in [4.69, 9.17) is 9.84 Å². The van der Waals surface area contributed by atoms with E-state index >= 15 is 0 Å². The second-order valence-corrected chi connectivity index (χ2v) is 3.04. The lowest BCUT2D eigenvalue weighted by Gasteiger charge is -2.07. The number of hydrogen-bond donors (Lipinski definition) is 1. The van der Waals surface area contributed by atoms with Crippen LogP contribution < -0.4 is 4.74 Å². The van der Waals surface area contributed by atoms with Gasteiger partial charge in [0.2, 0.25) is 0 Å². The number of benzene rings is 1. The molecule has 0 radical (unpaired) electrons. The van der Waals surface area contributed by atoms with Crippen LogP contribution in [0.5, 0.6) is 5.75 Å². The molecular weight excluding hydrogens is 192 g/mol. The first-order valence-electron chi connectivity index (χ1n) is 4.83. The van der Waals surface area contributed by atoms with Crippen LogP contribution in [-0.4, -0.2) is 11.1 Å². The minimum absolute atomic E-state index is 0.235. The number of carboxylic acids is 1. The van der Waals surface area contributed by atoms with Crippen LogP contribution in [-0.2, 0) is 0 Å². The highest BCUT2D eigenvalue weighted by Gasteiger charge is 2.04. The minimum atomic E-state index is -0.945. The molecule has 1 aromatic carbocycles. The third-order valence-electron chi connectivity index (χ3n) is 2.00. The summed E-state index contributed by atoms with van der Waals surface area (Å²) >= 11 is 0. The van der Waals surface area contributed by atoms with Crippen LogP contribution >= 0.6 is 0 Å². The summed E-state index contributed by atoms with van der Waals surface area (Å²) in [6, 6.07) is 6.46. The number of carboxylic acid groups (broad SMARTS) is 1. The predicted octanol–water partition coefficient (Wildman–Crippen LogP) is 3.08. The van der Waals surface area contributed by atoms with Gasteiger partial charge in [0.25, 0.3) is 0 Å². The van der Waals surface area contributed by atoms with Gasteiger partial charge in [-0.2, -0.15) is 0 Å². The standard InChI is InChI=1S/C12H14O3/c1-3-10(4-2)15-11-7-5-6-9(8-11)12(13)14/h3,5-8H,4H2,1-2H3,(H,13,14). The number of hydrogen-bond acceptors (Lipinski definition) is 2. The van der Waals surface area contributed by atoms with Crippen molar-refractivity contribution in [2.45, 2.75) is 20.3 Å². The molecule has 0 fully saturated rings. The zero-order valence-corrected chi connectivity index (χ0v) is 8.86. The van der Waals surface area contributed by atoms with E-state index in [2.05, 4.69) is 0 Å². The van der Waals surface area contributed by atoms with Crippen LogP contribution in [0.3, 0.4) is 0 Å². The molecule has 0 spiro atoms. The molecule has 80 valence electrons. The smallest absolute Gasteiger partial charge is 0.335 e. The fourth-order valence-electron chi connectivity index (χ4n) is 1.18. The number of rotatable bonds is 4. The van der Waals surface area contributed by atoms with Crippen LogP contribution in [0.15, 0.2) is 36.1 Å². The van der Waals surface area contributed by atoms with Crippen molar-refractivity contribution in [3.63, 3.8) is 0 Å². The summed E-state index contributed by atoms with van der Waals surface area (Å²) in [5, 5.41) is 8.79. The molecule has 15 heavy (non-hydrogen) atoms. The summed E-state index contributed by atoms with van der Waals surface area (Å²) in [5.41, 5.74) is 0.235. The summed E-state index contributed by atoms with van der Waals surface area (Å²) in [6.45, 7) is 3.87. The molecule has 0 heterocycles. The van der Waals surface area contributed by atoms with E-state index in [0.717, 1.165) is 12.2 Å². The third-order valence-corrected chi connectivity index (χ3v) is 2.00. The van der Waals surface area contributed by atoms with Gasteiger partial charge in [0.1, 0.15) is 5.75 Å². The Morgan fingerprint density at radius 3 is 2.80 bits per heavy atom. The van der Waals surface area contributed by atoms with Crippen molar-refractivity contribution < 1.29 is 14.6 Å². The fraction of sp³-hybridized carbons (Fsp3) is 0.250. The van der Waals surface area contributed by atoms with E-state index in [1.165, 1.54) is 12.1 Å². The molecule has 0 saturated heterocycles. The quantitative estimate of drug-likeness (QED) is 0.770. The monoisotopic (exact) mass is 206 g/mol. The van der Waals surface area contributed by atoms with Crippen LogP contribution in [0, 0.1) is 0 Å². The maximum Gasteiger partial charge on any atom is 0.335 e. The molecule has 3 nitrogen and oxygen atoms in total. The lowest BCUT2D eigenvalue weighted by molar-refractivity contribution is 0.0696. The van der Waals surface area contributed by atoms with Crippen molar-refractivity contribution in [3.8, 4) is 5.75 Å². The molecule has 0 bridgehead atoms. The normalized spacial score (nSPS) is 11.2. The van der Waals surface area contributed by atoms with Crippen molar-refractivity contribution in [1.29, 1.82) is 0 Å². The van der Waals surface area contributed by atoms with Crippen molar-refractivity contribution >= 4 is 5.97 Å². The number of aromatic carboxylic acids is 1. The van der Waals surface area contributed by atoms with Gasteiger partial charge in [0, 0.05) is 6.42 Å². The first-order valence-corrected chi connectivity index (χ1v) is 4.83. The molecule has 3 heteroatoms. The highest BCUT2D eigenvalue weighted by molar-refractivity contribution is 5.88. The van der Waals surface area contributed by atoms with Gasteiger partial charge in [-0.15, -0.1) is 0 Å². The SMILES string of the molecule is CC=C(CC)Oc1cccc(C(=O)O)c1. The molecule has 1 rings (SSSR count). The van der Waals surface area contributed by atoms with Crippen molar-refractivity contribution in [1.82, 2.24) is 0 Å². The van der Waals surface area contributed by atoms with Gasteiger partial charge in [-0.05, 0) is 31.2 Å². The Labute approximate surface area is 89.0 Å². The molecule has 0 aromatic heterocycles. The average Bonchev–Trinajstić information content (AvgIpc) is 2.26. The second-order valence-electron chi connectivity index (χ2n) is 3.04. The van der Waals surface area contributed by atoms with Crippen molar-refractivity contribution in [2.75, 3.05) is 0 Å². The lowest BCUT2D eigenvalue weighted by Crippen LogP contribution is -1.98. The Morgan fingerprint density at radius 1 is 1.53 bits per heavy atom. The van der Waals surface area contributed by atoms with Gasteiger partial charge in [0.05, 0.1) is 11.3 Å². The van der Waals surface area contributed by atoms with Gasteiger partial charge < -0.3 is 9.84 Å². The van der Waals surface area contributed by atoms with Crippen molar-refractivity contribution in [2.24, 2.45) is 0 Å². The Balaban J connectivity index is 2.87. The zero-order valence-electron chi connectivity index (χ0n) is 8.86. The van der Waals surface area contributed by atoms with Crippen LogP contribution in [0.4, 0.5) is 0 Å². The molecule has 0 amide bonds. The summed E-state index contributed by atoms with van der Waals surface area (Å²) in [7, 11) is 0. The first-order chi connectivity index (χ1) is 7.17. The Hall–Kier alpha value is -1.77. The molecule has 0 saturated carbocycles. The second kappa shape index (κ2) is 5.20.